The number of amides is 1. The molecule has 146 valence electrons. The molecular formula is C20H26N2O5. The van der Waals surface area contributed by atoms with E-state index in [-0.39, 0.29) is 36.6 Å². The van der Waals surface area contributed by atoms with Crippen molar-refractivity contribution in [3.05, 3.63) is 39.9 Å². The van der Waals surface area contributed by atoms with Crippen molar-refractivity contribution in [1.29, 1.82) is 0 Å². The molecule has 3 rings (SSSR count). The maximum Gasteiger partial charge on any atom is 0.311 e. The molecule has 1 aliphatic carbocycles. The minimum absolute atomic E-state index is 0.00191. The largest absolute Gasteiger partial charge is 0.461 e. The van der Waals surface area contributed by atoms with Crippen molar-refractivity contribution in [3.63, 3.8) is 0 Å². The van der Waals surface area contributed by atoms with Gasteiger partial charge in [0.1, 0.15) is 6.61 Å². The molecule has 0 aromatic heterocycles. The van der Waals surface area contributed by atoms with Crippen molar-refractivity contribution in [1.82, 2.24) is 4.90 Å². The Morgan fingerprint density at radius 1 is 1.26 bits per heavy atom. The number of carbonyl (C=O) groups is 2. The lowest BCUT2D eigenvalue weighted by molar-refractivity contribution is -0.384. The number of carbonyl (C=O) groups excluding carboxylic acids is 2. The van der Waals surface area contributed by atoms with Crippen LogP contribution in [0.1, 0.15) is 45.1 Å². The fourth-order valence-electron chi connectivity index (χ4n) is 4.19. The molecule has 1 aromatic rings. The van der Waals surface area contributed by atoms with E-state index in [0.29, 0.717) is 23.9 Å². The molecule has 1 saturated carbocycles. The number of likely N-dealkylation sites (tertiary alicyclic amines) is 1. The van der Waals surface area contributed by atoms with Crippen LogP contribution in [-0.4, -0.2) is 34.3 Å². The van der Waals surface area contributed by atoms with Gasteiger partial charge in [0, 0.05) is 31.1 Å². The second-order valence-corrected chi connectivity index (χ2v) is 7.81. The van der Waals surface area contributed by atoms with Crippen LogP contribution in [0, 0.1) is 27.9 Å². The summed E-state index contributed by atoms with van der Waals surface area (Å²) in [6.07, 6.45) is 3.52. The fourth-order valence-corrected chi connectivity index (χ4v) is 4.19. The number of hydrogen-bond acceptors (Lipinski definition) is 5. The third-order valence-corrected chi connectivity index (χ3v) is 6.08. The molecule has 1 aliphatic heterocycles. The summed E-state index contributed by atoms with van der Waals surface area (Å²) in [5.41, 5.74) is 0.683. The zero-order valence-electron chi connectivity index (χ0n) is 15.8. The van der Waals surface area contributed by atoms with Gasteiger partial charge in [-0.15, -0.1) is 0 Å². The third kappa shape index (κ3) is 4.28. The standard InChI is InChI=1S/C20H26N2O5/c1-13-4-3-5-18(14(13)2)21-11-16(10-19(21)23)20(24)27-12-15-6-8-17(9-7-15)22(25)26/h6-9,13-14,16,18H,3-5,10-12H2,1-2H3/t13-,14-,16-,18+/m1/s1. The van der Waals surface area contributed by atoms with Gasteiger partial charge in [0.05, 0.1) is 10.8 Å². The average molecular weight is 374 g/mol. The summed E-state index contributed by atoms with van der Waals surface area (Å²) in [6.45, 7) is 4.91. The lowest BCUT2D eigenvalue weighted by Crippen LogP contribution is -2.45. The molecule has 0 unspecified atom stereocenters. The Morgan fingerprint density at radius 2 is 1.96 bits per heavy atom. The normalized spacial score (nSPS) is 28.2. The van der Waals surface area contributed by atoms with Crippen molar-refractivity contribution in [2.24, 2.45) is 17.8 Å². The summed E-state index contributed by atoms with van der Waals surface area (Å²) in [5, 5.41) is 10.7. The monoisotopic (exact) mass is 374 g/mol. The first-order valence-corrected chi connectivity index (χ1v) is 9.56. The molecule has 1 amide bonds. The molecule has 7 nitrogen and oxygen atoms in total. The van der Waals surface area contributed by atoms with Crippen LogP contribution >= 0.6 is 0 Å². The number of hydrogen-bond donors (Lipinski definition) is 0. The number of esters is 1. The number of rotatable bonds is 5. The number of nitro benzene ring substituents is 1. The van der Waals surface area contributed by atoms with Crippen molar-refractivity contribution in [3.8, 4) is 0 Å². The summed E-state index contributed by atoms with van der Waals surface area (Å²) in [7, 11) is 0. The Labute approximate surface area is 158 Å². The van der Waals surface area contributed by atoms with Crippen molar-refractivity contribution in [2.45, 2.75) is 52.2 Å². The first-order valence-electron chi connectivity index (χ1n) is 9.56. The van der Waals surface area contributed by atoms with E-state index in [9.17, 15) is 19.7 Å². The van der Waals surface area contributed by atoms with Gasteiger partial charge in [-0.3, -0.25) is 19.7 Å². The van der Waals surface area contributed by atoms with Gasteiger partial charge < -0.3 is 9.64 Å². The first kappa shape index (κ1) is 19.3. The minimum atomic E-state index is -0.471. The van der Waals surface area contributed by atoms with Crippen LogP contribution in [0.5, 0.6) is 0 Å². The number of nitro groups is 1. The molecule has 1 heterocycles. The third-order valence-electron chi connectivity index (χ3n) is 6.08. The fraction of sp³-hybridized carbons (Fsp3) is 0.600. The highest BCUT2D eigenvalue weighted by Crippen LogP contribution is 2.36. The molecule has 2 fully saturated rings. The zero-order valence-corrected chi connectivity index (χ0v) is 15.8. The predicted octanol–water partition coefficient (Wildman–Crippen LogP) is 3.31. The Balaban J connectivity index is 1.55. The Kier molecular flexibility index (Phi) is 5.77. The SMILES string of the molecule is C[C@@H]1[C@H](C)CCC[C@@H]1N1C[C@H](C(=O)OCc2ccc([N+](=O)[O-])cc2)CC1=O. The quantitative estimate of drug-likeness (QED) is 0.448. The molecule has 1 saturated heterocycles. The summed E-state index contributed by atoms with van der Waals surface area (Å²) in [5.74, 6) is 0.265. The van der Waals surface area contributed by atoms with Gasteiger partial charge in [0.2, 0.25) is 5.91 Å². The lowest BCUT2D eigenvalue weighted by atomic mass is 9.77. The molecular weight excluding hydrogens is 348 g/mol. The van der Waals surface area contributed by atoms with E-state index in [1.54, 1.807) is 12.1 Å². The maximum absolute atomic E-state index is 12.5. The van der Waals surface area contributed by atoms with Gasteiger partial charge in [-0.25, -0.2) is 0 Å². The van der Waals surface area contributed by atoms with E-state index >= 15 is 0 Å². The van der Waals surface area contributed by atoms with Crippen LogP contribution in [0.25, 0.3) is 0 Å². The number of non-ortho nitro benzene ring substituents is 1. The van der Waals surface area contributed by atoms with Crippen LogP contribution in [0.4, 0.5) is 5.69 Å². The summed E-state index contributed by atoms with van der Waals surface area (Å²) < 4.78 is 5.36. The predicted molar refractivity (Wildman–Crippen MR) is 98.7 cm³/mol. The van der Waals surface area contributed by atoms with E-state index in [4.69, 9.17) is 4.74 Å². The smallest absolute Gasteiger partial charge is 0.311 e. The van der Waals surface area contributed by atoms with Crippen LogP contribution in [0.2, 0.25) is 0 Å². The first-order chi connectivity index (χ1) is 12.9. The highest BCUT2D eigenvalue weighted by Gasteiger charge is 2.42. The average Bonchev–Trinajstić information content (AvgIpc) is 3.04. The highest BCUT2D eigenvalue weighted by atomic mass is 16.6. The highest BCUT2D eigenvalue weighted by molar-refractivity contribution is 5.87. The summed E-state index contributed by atoms with van der Waals surface area (Å²) in [4.78, 5) is 37.0. The van der Waals surface area contributed by atoms with E-state index in [2.05, 4.69) is 13.8 Å². The van der Waals surface area contributed by atoms with E-state index in [0.717, 1.165) is 12.8 Å². The van der Waals surface area contributed by atoms with Gasteiger partial charge in [0.15, 0.2) is 0 Å². The molecule has 7 heteroatoms. The molecule has 2 aliphatic rings. The van der Waals surface area contributed by atoms with Gasteiger partial charge in [-0.05, 0) is 36.0 Å². The van der Waals surface area contributed by atoms with Gasteiger partial charge in [-0.2, -0.15) is 0 Å². The summed E-state index contributed by atoms with van der Waals surface area (Å²) >= 11 is 0. The second kappa shape index (κ2) is 8.06. The Bertz CT molecular complexity index is 718. The minimum Gasteiger partial charge on any atom is -0.461 e. The second-order valence-electron chi connectivity index (χ2n) is 7.81. The lowest BCUT2D eigenvalue weighted by Gasteiger charge is -2.39. The number of nitrogens with zero attached hydrogens (tertiary/aromatic N) is 2. The Morgan fingerprint density at radius 3 is 2.63 bits per heavy atom. The number of benzene rings is 1. The van der Waals surface area contributed by atoms with Gasteiger partial charge in [0.25, 0.3) is 5.69 Å². The van der Waals surface area contributed by atoms with E-state index in [1.807, 2.05) is 4.90 Å². The summed E-state index contributed by atoms with van der Waals surface area (Å²) in [6, 6.07) is 6.13. The molecule has 27 heavy (non-hydrogen) atoms. The van der Waals surface area contributed by atoms with Crippen LogP contribution < -0.4 is 0 Å². The number of ether oxygens (including phenoxy) is 1. The van der Waals surface area contributed by atoms with E-state index in [1.165, 1.54) is 18.6 Å². The zero-order chi connectivity index (χ0) is 19.6. The molecule has 0 N–H and O–H groups in total. The maximum atomic E-state index is 12.5. The van der Waals surface area contributed by atoms with Crippen molar-refractivity contribution in [2.75, 3.05) is 6.54 Å². The van der Waals surface area contributed by atoms with Gasteiger partial charge >= 0.3 is 5.97 Å². The van der Waals surface area contributed by atoms with Crippen LogP contribution in [0.15, 0.2) is 24.3 Å². The molecule has 0 spiro atoms. The molecule has 1 aromatic carbocycles. The van der Waals surface area contributed by atoms with Crippen LogP contribution in [0.3, 0.4) is 0 Å². The van der Waals surface area contributed by atoms with Crippen LogP contribution in [-0.2, 0) is 20.9 Å². The molecule has 0 bridgehead atoms. The van der Waals surface area contributed by atoms with Crippen molar-refractivity contribution < 1.29 is 19.2 Å². The molecule has 0 radical (unpaired) electrons. The van der Waals surface area contributed by atoms with Gasteiger partial charge in [-0.1, -0.05) is 26.7 Å². The van der Waals surface area contributed by atoms with E-state index < -0.39 is 10.8 Å². The Hall–Kier alpha value is -2.44. The molecule has 4 atom stereocenters. The van der Waals surface area contributed by atoms with Crippen molar-refractivity contribution >= 4 is 17.6 Å². The topological polar surface area (TPSA) is 89.8 Å².